The first kappa shape index (κ1) is 17.0. The lowest BCUT2D eigenvalue weighted by atomic mass is 9.72. The van der Waals surface area contributed by atoms with E-state index in [1.54, 1.807) is 0 Å². The minimum absolute atomic E-state index is 0.451. The van der Waals surface area contributed by atoms with Gasteiger partial charge in [0.2, 0.25) is 0 Å². The van der Waals surface area contributed by atoms with Gasteiger partial charge >= 0.3 is 0 Å². The Balaban J connectivity index is 2.57. The third-order valence-corrected chi connectivity index (χ3v) is 6.17. The van der Waals surface area contributed by atoms with Gasteiger partial charge in [0.05, 0.1) is 0 Å². The van der Waals surface area contributed by atoms with Gasteiger partial charge in [0, 0.05) is 17.5 Å². The maximum absolute atomic E-state index is 5.81. The molecular formula is C14H28ClNS2. The molecule has 18 heavy (non-hydrogen) atoms. The molecule has 0 aliphatic carbocycles. The fourth-order valence-corrected chi connectivity index (χ4v) is 5.92. The van der Waals surface area contributed by atoms with Crippen molar-refractivity contribution in [2.24, 2.45) is 10.8 Å². The van der Waals surface area contributed by atoms with Crippen LogP contribution in [0.4, 0.5) is 0 Å². The van der Waals surface area contributed by atoms with Crippen LogP contribution < -0.4 is 4.84 Å². The second kappa shape index (κ2) is 7.66. The number of hydrogen-bond donors (Lipinski definition) is 1. The highest BCUT2D eigenvalue weighted by molar-refractivity contribution is 8.00. The van der Waals surface area contributed by atoms with Crippen LogP contribution in [0.15, 0.2) is 0 Å². The van der Waals surface area contributed by atoms with E-state index in [0.717, 1.165) is 11.5 Å². The summed E-state index contributed by atoms with van der Waals surface area (Å²) >= 11 is 9.89. The van der Waals surface area contributed by atoms with Crippen molar-refractivity contribution in [1.29, 1.82) is 0 Å². The topological polar surface area (TPSA) is 12.0 Å². The summed E-state index contributed by atoms with van der Waals surface area (Å²) in [5, 5.41) is 0. The molecule has 1 fully saturated rings. The van der Waals surface area contributed by atoms with Crippen molar-refractivity contribution in [2.45, 2.75) is 53.0 Å². The van der Waals surface area contributed by atoms with Crippen molar-refractivity contribution in [3.8, 4) is 0 Å². The molecule has 0 aromatic heterocycles. The van der Waals surface area contributed by atoms with Crippen LogP contribution in [0.1, 0.15) is 47.0 Å². The van der Waals surface area contributed by atoms with Crippen molar-refractivity contribution in [3.63, 3.8) is 0 Å². The third-order valence-electron chi connectivity index (χ3n) is 3.60. The highest BCUT2D eigenvalue weighted by atomic mass is 35.5. The SMILES string of the molecule is CC1(C)CCSCC(NCl)CSCCC(C)(C)C1. The van der Waals surface area contributed by atoms with Crippen LogP contribution in [0, 0.1) is 10.8 Å². The summed E-state index contributed by atoms with van der Waals surface area (Å²) < 4.78 is 0. The molecule has 0 aromatic rings. The molecule has 0 bridgehead atoms. The van der Waals surface area contributed by atoms with Crippen LogP contribution >= 0.6 is 35.3 Å². The Kier molecular flexibility index (Phi) is 7.23. The lowest BCUT2D eigenvalue weighted by Gasteiger charge is -2.35. The van der Waals surface area contributed by atoms with Gasteiger partial charge in [0.15, 0.2) is 0 Å². The number of halogens is 1. The van der Waals surface area contributed by atoms with Crippen LogP contribution in [-0.4, -0.2) is 29.1 Å². The quantitative estimate of drug-likeness (QED) is 0.699. The second-order valence-electron chi connectivity index (χ2n) is 6.96. The summed E-state index contributed by atoms with van der Waals surface area (Å²) in [6, 6.07) is 0.451. The lowest BCUT2D eigenvalue weighted by Crippen LogP contribution is -2.29. The predicted molar refractivity (Wildman–Crippen MR) is 88.8 cm³/mol. The van der Waals surface area contributed by atoms with E-state index in [1.807, 2.05) is 23.5 Å². The molecular weight excluding hydrogens is 282 g/mol. The number of thioether (sulfide) groups is 2. The molecule has 0 atom stereocenters. The summed E-state index contributed by atoms with van der Waals surface area (Å²) in [4.78, 5) is 2.93. The molecule has 1 N–H and O–H groups in total. The molecule has 108 valence electrons. The molecule has 0 spiro atoms. The smallest absolute Gasteiger partial charge is 0.0402 e. The first-order chi connectivity index (χ1) is 8.35. The zero-order valence-corrected chi connectivity index (χ0v) is 14.6. The average molecular weight is 310 g/mol. The lowest BCUT2D eigenvalue weighted by molar-refractivity contribution is 0.185. The first-order valence-corrected chi connectivity index (χ1v) is 9.55. The van der Waals surface area contributed by atoms with Gasteiger partial charge in [0.25, 0.3) is 0 Å². The van der Waals surface area contributed by atoms with E-state index in [0.29, 0.717) is 16.9 Å². The Hall–Kier alpha value is 0.950. The maximum Gasteiger partial charge on any atom is 0.0402 e. The summed E-state index contributed by atoms with van der Waals surface area (Å²) in [5.74, 6) is 4.78. The molecule has 1 saturated heterocycles. The molecule has 1 nitrogen and oxygen atoms in total. The molecule has 0 amide bonds. The molecule has 1 aliphatic rings. The fraction of sp³-hybridized carbons (Fsp3) is 1.00. The van der Waals surface area contributed by atoms with Crippen LogP contribution in [0.3, 0.4) is 0 Å². The van der Waals surface area contributed by atoms with Crippen molar-refractivity contribution >= 4 is 35.3 Å². The Labute approximate surface area is 127 Å². The Bertz CT molecular complexity index is 222. The van der Waals surface area contributed by atoms with Crippen molar-refractivity contribution < 1.29 is 0 Å². The summed E-state index contributed by atoms with van der Waals surface area (Å²) in [6.07, 6.45) is 3.95. The van der Waals surface area contributed by atoms with Gasteiger partial charge in [-0.1, -0.05) is 27.7 Å². The predicted octanol–water partition coefficient (Wildman–Crippen LogP) is 4.80. The summed E-state index contributed by atoms with van der Waals surface area (Å²) in [5.41, 5.74) is 0.925. The Morgan fingerprint density at radius 1 is 0.944 bits per heavy atom. The summed E-state index contributed by atoms with van der Waals surface area (Å²) in [6.45, 7) is 9.69. The number of nitrogens with one attached hydrogen (secondary N) is 1. The van der Waals surface area contributed by atoms with Gasteiger partial charge < -0.3 is 0 Å². The fourth-order valence-electron chi connectivity index (χ4n) is 2.73. The largest absolute Gasteiger partial charge is 0.229 e. The van der Waals surface area contributed by atoms with Gasteiger partial charge in [0.1, 0.15) is 0 Å². The summed E-state index contributed by atoms with van der Waals surface area (Å²) in [7, 11) is 0. The first-order valence-electron chi connectivity index (χ1n) is 6.86. The van der Waals surface area contributed by atoms with Crippen LogP contribution in [-0.2, 0) is 0 Å². The van der Waals surface area contributed by atoms with E-state index in [2.05, 4.69) is 32.5 Å². The highest BCUT2D eigenvalue weighted by Gasteiger charge is 2.28. The molecule has 0 unspecified atom stereocenters. The molecule has 0 saturated carbocycles. The van der Waals surface area contributed by atoms with Gasteiger partial charge in [-0.3, -0.25) is 0 Å². The maximum atomic E-state index is 5.81. The van der Waals surface area contributed by atoms with E-state index >= 15 is 0 Å². The van der Waals surface area contributed by atoms with E-state index in [4.69, 9.17) is 11.8 Å². The Morgan fingerprint density at radius 2 is 1.39 bits per heavy atom. The van der Waals surface area contributed by atoms with Crippen LogP contribution in [0.25, 0.3) is 0 Å². The zero-order valence-electron chi connectivity index (χ0n) is 12.2. The molecule has 0 radical (unpaired) electrons. The minimum Gasteiger partial charge on any atom is -0.229 e. The number of rotatable bonds is 1. The van der Waals surface area contributed by atoms with Gasteiger partial charge in [-0.15, -0.1) is 0 Å². The molecule has 4 heteroatoms. The monoisotopic (exact) mass is 309 g/mol. The van der Waals surface area contributed by atoms with E-state index in [9.17, 15) is 0 Å². The van der Waals surface area contributed by atoms with Gasteiger partial charge in [-0.25, -0.2) is 4.84 Å². The van der Waals surface area contributed by atoms with E-state index in [1.165, 1.54) is 30.8 Å². The minimum atomic E-state index is 0.451. The molecule has 1 rings (SSSR count). The zero-order chi connectivity index (χ0) is 13.6. The molecule has 0 aromatic carbocycles. The van der Waals surface area contributed by atoms with Crippen LogP contribution in [0.5, 0.6) is 0 Å². The standard InChI is InChI=1S/C14H28ClNS2/c1-13(2)5-7-17-9-12(16-15)10-18-8-6-14(3,4)11-13/h12,16H,5-11H2,1-4H3. The normalized spacial score (nSPS) is 27.2. The van der Waals surface area contributed by atoms with Crippen molar-refractivity contribution in [3.05, 3.63) is 0 Å². The molecule has 1 aliphatic heterocycles. The van der Waals surface area contributed by atoms with Crippen LogP contribution in [0.2, 0.25) is 0 Å². The van der Waals surface area contributed by atoms with Gasteiger partial charge in [-0.05, 0) is 53.4 Å². The van der Waals surface area contributed by atoms with Crippen molar-refractivity contribution in [2.75, 3.05) is 23.0 Å². The Morgan fingerprint density at radius 3 is 1.78 bits per heavy atom. The third kappa shape index (κ3) is 6.93. The highest BCUT2D eigenvalue weighted by Crippen LogP contribution is 2.40. The van der Waals surface area contributed by atoms with E-state index in [-0.39, 0.29) is 0 Å². The van der Waals surface area contributed by atoms with E-state index < -0.39 is 0 Å². The van der Waals surface area contributed by atoms with Gasteiger partial charge in [-0.2, -0.15) is 23.5 Å². The second-order valence-corrected chi connectivity index (χ2v) is 9.48. The number of hydrogen-bond acceptors (Lipinski definition) is 3. The molecule has 1 heterocycles. The average Bonchev–Trinajstić information content (AvgIpc) is 2.24. The van der Waals surface area contributed by atoms with Crippen molar-refractivity contribution in [1.82, 2.24) is 4.84 Å².